The molecular formula is C17H17NO. The number of carbonyl (C=O) groups excluding carboxylic acids is 1. The van der Waals surface area contributed by atoms with Gasteiger partial charge in [0, 0.05) is 6.92 Å². The highest BCUT2D eigenvalue weighted by Crippen LogP contribution is 2.38. The van der Waals surface area contributed by atoms with Crippen molar-refractivity contribution in [2.75, 3.05) is 0 Å². The zero-order chi connectivity index (χ0) is 13.4. The molecule has 1 atom stereocenters. The van der Waals surface area contributed by atoms with E-state index in [0.717, 1.165) is 6.42 Å². The number of hydrogen-bond acceptors (Lipinski definition) is 1. The predicted octanol–water partition coefficient (Wildman–Crippen LogP) is 3.40. The van der Waals surface area contributed by atoms with E-state index in [9.17, 15) is 4.79 Å². The molecule has 1 amide bonds. The fourth-order valence-electron chi connectivity index (χ4n) is 2.90. The third-order valence-corrected chi connectivity index (χ3v) is 3.69. The quantitative estimate of drug-likeness (QED) is 0.827. The molecular weight excluding hydrogens is 234 g/mol. The summed E-state index contributed by atoms with van der Waals surface area (Å²) in [5, 5.41) is 3.06. The highest BCUT2D eigenvalue weighted by Gasteiger charge is 2.24. The second-order valence-corrected chi connectivity index (χ2v) is 5.21. The van der Waals surface area contributed by atoms with Gasteiger partial charge in [0.1, 0.15) is 0 Å². The molecule has 1 aliphatic carbocycles. The maximum Gasteiger partial charge on any atom is 0.217 e. The molecule has 0 heterocycles. The number of aryl methyl sites for hydroxylation is 1. The fourth-order valence-corrected chi connectivity index (χ4v) is 2.90. The number of carbonyl (C=O) groups is 1. The molecule has 0 bridgehead atoms. The summed E-state index contributed by atoms with van der Waals surface area (Å²) in [4.78, 5) is 11.4. The minimum absolute atomic E-state index is 0.0240. The number of rotatable bonds is 1. The van der Waals surface area contributed by atoms with Crippen molar-refractivity contribution < 1.29 is 4.79 Å². The van der Waals surface area contributed by atoms with Gasteiger partial charge in [0.15, 0.2) is 0 Å². The largest absolute Gasteiger partial charge is 0.349 e. The Balaban J connectivity index is 2.14. The van der Waals surface area contributed by atoms with Crippen LogP contribution < -0.4 is 5.32 Å². The second kappa shape index (κ2) is 4.54. The maximum atomic E-state index is 11.4. The normalized spacial score (nSPS) is 16.4. The van der Waals surface area contributed by atoms with Crippen LogP contribution in [0.1, 0.15) is 29.7 Å². The first-order chi connectivity index (χ1) is 9.15. The van der Waals surface area contributed by atoms with Crippen LogP contribution >= 0.6 is 0 Å². The predicted molar refractivity (Wildman–Crippen MR) is 76.9 cm³/mol. The Kier molecular flexibility index (Phi) is 2.86. The van der Waals surface area contributed by atoms with Crippen LogP contribution in [0.3, 0.4) is 0 Å². The Morgan fingerprint density at radius 3 is 2.74 bits per heavy atom. The summed E-state index contributed by atoms with van der Waals surface area (Å²) >= 11 is 0. The fraction of sp³-hybridized carbons (Fsp3) is 0.235. The van der Waals surface area contributed by atoms with E-state index < -0.39 is 0 Å². The lowest BCUT2D eigenvalue weighted by Crippen LogP contribution is -2.30. The van der Waals surface area contributed by atoms with Crippen LogP contribution in [-0.2, 0) is 11.2 Å². The number of hydrogen-bond donors (Lipinski definition) is 1. The molecule has 1 N–H and O–H groups in total. The van der Waals surface area contributed by atoms with E-state index >= 15 is 0 Å². The van der Waals surface area contributed by atoms with E-state index in [4.69, 9.17) is 0 Å². The van der Waals surface area contributed by atoms with Gasteiger partial charge in [-0.25, -0.2) is 0 Å². The van der Waals surface area contributed by atoms with Gasteiger partial charge in [-0.2, -0.15) is 0 Å². The van der Waals surface area contributed by atoms with E-state index in [-0.39, 0.29) is 11.9 Å². The van der Waals surface area contributed by atoms with Crippen LogP contribution in [0.25, 0.3) is 11.1 Å². The van der Waals surface area contributed by atoms with E-state index in [1.807, 2.05) is 6.07 Å². The van der Waals surface area contributed by atoms with E-state index in [2.05, 4.69) is 48.6 Å². The number of amides is 1. The van der Waals surface area contributed by atoms with Crippen molar-refractivity contribution in [3.8, 4) is 11.1 Å². The Bertz CT molecular complexity index is 645. The second-order valence-electron chi connectivity index (χ2n) is 5.21. The summed E-state index contributed by atoms with van der Waals surface area (Å²) in [5.41, 5.74) is 6.33. The van der Waals surface area contributed by atoms with Crippen LogP contribution in [0.5, 0.6) is 0 Å². The van der Waals surface area contributed by atoms with E-state index in [1.54, 1.807) is 6.92 Å². The zero-order valence-corrected chi connectivity index (χ0v) is 11.2. The highest BCUT2D eigenvalue weighted by atomic mass is 16.1. The first-order valence-electron chi connectivity index (χ1n) is 6.61. The van der Waals surface area contributed by atoms with Gasteiger partial charge < -0.3 is 5.32 Å². The van der Waals surface area contributed by atoms with Crippen LogP contribution in [0.15, 0.2) is 42.5 Å². The SMILES string of the molecule is CC(=O)NC1Cc2cc(C)ccc2-c2ccccc21. The van der Waals surface area contributed by atoms with Gasteiger partial charge in [-0.1, -0.05) is 48.0 Å². The molecule has 96 valence electrons. The van der Waals surface area contributed by atoms with Crippen LogP contribution in [0.4, 0.5) is 0 Å². The molecule has 3 rings (SSSR count). The van der Waals surface area contributed by atoms with Crippen molar-refractivity contribution in [3.05, 3.63) is 59.2 Å². The van der Waals surface area contributed by atoms with Crippen molar-refractivity contribution in [2.45, 2.75) is 26.3 Å². The van der Waals surface area contributed by atoms with Gasteiger partial charge in [0.25, 0.3) is 0 Å². The highest BCUT2D eigenvalue weighted by molar-refractivity contribution is 5.78. The molecule has 0 saturated carbocycles. The molecule has 0 spiro atoms. The van der Waals surface area contributed by atoms with Crippen LogP contribution in [-0.4, -0.2) is 5.91 Å². The molecule has 1 aliphatic rings. The number of fused-ring (bicyclic) bond motifs is 3. The van der Waals surface area contributed by atoms with Gasteiger partial charge >= 0.3 is 0 Å². The monoisotopic (exact) mass is 251 g/mol. The molecule has 0 aliphatic heterocycles. The summed E-state index contributed by atoms with van der Waals surface area (Å²) in [6.07, 6.45) is 0.869. The van der Waals surface area contributed by atoms with Crippen molar-refractivity contribution >= 4 is 5.91 Å². The maximum absolute atomic E-state index is 11.4. The Morgan fingerprint density at radius 2 is 1.95 bits per heavy atom. The summed E-state index contributed by atoms with van der Waals surface area (Å²) in [6.45, 7) is 3.68. The lowest BCUT2D eigenvalue weighted by molar-refractivity contribution is -0.119. The number of nitrogens with one attached hydrogen (secondary N) is 1. The van der Waals surface area contributed by atoms with Crippen LogP contribution in [0, 0.1) is 6.92 Å². The van der Waals surface area contributed by atoms with Crippen molar-refractivity contribution in [1.29, 1.82) is 0 Å². The van der Waals surface area contributed by atoms with Gasteiger partial charge in [-0.05, 0) is 35.6 Å². The zero-order valence-electron chi connectivity index (χ0n) is 11.2. The molecule has 1 unspecified atom stereocenters. The minimum Gasteiger partial charge on any atom is -0.349 e. The first kappa shape index (κ1) is 12.0. The molecule has 2 aromatic carbocycles. The minimum atomic E-state index is 0.0240. The summed E-state index contributed by atoms with van der Waals surface area (Å²) < 4.78 is 0. The van der Waals surface area contributed by atoms with E-state index in [1.165, 1.54) is 27.8 Å². The molecule has 2 heteroatoms. The third-order valence-electron chi connectivity index (χ3n) is 3.69. The topological polar surface area (TPSA) is 29.1 Å². The molecule has 2 nitrogen and oxygen atoms in total. The molecule has 0 aromatic heterocycles. The Morgan fingerprint density at radius 1 is 1.16 bits per heavy atom. The summed E-state index contributed by atoms with van der Waals surface area (Å²) in [5.74, 6) is 0.0240. The lowest BCUT2D eigenvalue weighted by atomic mass is 9.82. The van der Waals surface area contributed by atoms with E-state index in [0.29, 0.717) is 0 Å². The molecule has 0 radical (unpaired) electrons. The van der Waals surface area contributed by atoms with Crippen molar-refractivity contribution in [2.24, 2.45) is 0 Å². The van der Waals surface area contributed by atoms with Gasteiger partial charge in [-0.3, -0.25) is 4.79 Å². The van der Waals surface area contributed by atoms with Gasteiger partial charge in [0.2, 0.25) is 5.91 Å². The smallest absolute Gasteiger partial charge is 0.217 e. The Labute approximate surface area is 113 Å². The standard InChI is InChI=1S/C17H17NO/c1-11-7-8-14-13(9-11)10-17(18-12(2)19)16-6-4-3-5-15(14)16/h3-9,17H,10H2,1-2H3,(H,18,19). The van der Waals surface area contributed by atoms with Crippen molar-refractivity contribution in [1.82, 2.24) is 5.32 Å². The lowest BCUT2D eigenvalue weighted by Gasteiger charge is -2.28. The average Bonchev–Trinajstić information content (AvgIpc) is 2.38. The van der Waals surface area contributed by atoms with Gasteiger partial charge in [-0.15, -0.1) is 0 Å². The molecule has 19 heavy (non-hydrogen) atoms. The third kappa shape index (κ3) is 2.14. The van der Waals surface area contributed by atoms with Gasteiger partial charge in [0.05, 0.1) is 6.04 Å². The van der Waals surface area contributed by atoms with Crippen molar-refractivity contribution in [3.63, 3.8) is 0 Å². The summed E-state index contributed by atoms with van der Waals surface area (Å²) in [7, 11) is 0. The first-order valence-corrected chi connectivity index (χ1v) is 6.61. The molecule has 2 aromatic rings. The molecule has 0 saturated heterocycles. The number of benzene rings is 2. The molecule has 0 fully saturated rings. The summed E-state index contributed by atoms with van der Waals surface area (Å²) in [6, 6.07) is 15.0. The Hall–Kier alpha value is -2.09. The van der Waals surface area contributed by atoms with Crippen LogP contribution in [0.2, 0.25) is 0 Å². The average molecular weight is 251 g/mol.